The van der Waals surface area contributed by atoms with Crippen LogP contribution in [0.1, 0.15) is 40.0 Å². The fraction of sp³-hybridized carbons (Fsp3) is 0.909. The van der Waals surface area contributed by atoms with Gasteiger partial charge in [-0.15, -0.1) is 0 Å². The van der Waals surface area contributed by atoms with Gasteiger partial charge in [-0.05, 0) is 33.2 Å². The number of rotatable bonds is 8. The van der Waals surface area contributed by atoms with Crippen molar-refractivity contribution < 1.29 is 13.2 Å². The molecule has 0 spiro atoms. The first-order chi connectivity index (χ1) is 7.85. The van der Waals surface area contributed by atoms with Crippen LogP contribution in [-0.2, 0) is 14.6 Å². The van der Waals surface area contributed by atoms with Crippen molar-refractivity contribution in [3.8, 4) is 0 Å². The van der Waals surface area contributed by atoms with Crippen LogP contribution in [-0.4, -0.2) is 37.9 Å². The lowest BCUT2D eigenvalue weighted by Gasteiger charge is -2.17. The number of nitrogens with two attached hydrogens (primary N) is 1. The second-order valence-corrected chi connectivity index (χ2v) is 6.79. The van der Waals surface area contributed by atoms with E-state index in [2.05, 4.69) is 5.32 Å². The molecule has 102 valence electrons. The standard InChI is InChI=1S/C11H24N2O3S/c1-4-6-9(2)13-11(14)10(3)17(15,16)8-5-7-12/h9-10H,4-8,12H2,1-3H3,(H,13,14). The molecule has 0 aromatic rings. The maximum atomic E-state index is 11.8. The Labute approximate surface area is 104 Å². The summed E-state index contributed by atoms with van der Waals surface area (Å²) in [6, 6.07) is 0.0136. The number of hydrogen-bond donors (Lipinski definition) is 2. The van der Waals surface area contributed by atoms with Crippen molar-refractivity contribution >= 4 is 15.7 Å². The molecule has 6 heteroatoms. The summed E-state index contributed by atoms with van der Waals surface area (Å²) in [5, 5.41) is 1.72. The van der Waals surface area contributed by atoms with Crippen molar-refractivity contribution in [1.82, 2.24) is 5.32 Å². The lowest BCUT2D eigenvalue weighted by atomic mass is 10.2. The Morgan fingerprint density at radius 2 is 1.94 bits per heavy atom. The van der Waals surface area contributed by atoms with Gasteiger partial charge >= 0.3 is 0 Å². The largest absolute Gasteiger partial charge is 0.353 e. The van der Waals surface area contributed by atoms with Gasteiger partial charge in [0.15, 0.2) is 9.84 Å². The predicted molar refractivity (Wildman–Crippen MR) is 69.4 cm³/mol. The molecule has 0 aromatic heterocycles. The van der Waals surface area contributed by atoms with Crippen molar-refractivity contribution in [3.63, 3.8) is 0 Å². The van der Waals surface area contributed by atoms with Gasteiger partial charge in [0.05, 0.1) is 5.75 Å². The quantitative estimate of drug-likeness (QED) is 0.666. The summed E-state index contributed by atoms with van der Waals surface area (Å²) in [5.41, 5.74) is 5.27. The van der Waals surface area contributed by atoms with Crippen molar-refractivity contribution in [3.05, 3.63) is 0 Å². The molecular formula is C11H24N2O3S. The SMILES string of the molecule is CCCC(C)NC(=O)C(C)S(=O)(=O)CCCN. The first-order valence-electron chi connectivity index (χ1n) is 6.07. The van der Waals surface area contributed by atoms with Gasteiger partial charge in [-0.3, -0.25) is 4.79 Å². The first kappa shape index (κ1) is 16.4. The summed E-state index contributed by atoms with van der Waals surface area (Å²) >= 11 is 0. The summed E-state index contributed by atoms with van der Waals surface area (Å²) in [6.45, 7) is 5.64. The number of hydrogen-bond acceptors (Lipinski definition) is 4. The van der Waals surface area contributed by atoms with Crippen molar-refractivity contribution in [2.24, 2.45) is 5.73 Å². The average molecular weight is 264 g/mol. The van der Waals surface area contributed by atoms with E-state index in [9.17, 15) is 13.2 Å². The van der Waals surface area contributed by atoms with Crippen molar-refractivity contribution in [1.29, 1.82) is 0 Å². The van der Waals surface area contributed by atoms with E-state index in [-0.39, 0.29) is 11.8 Å². The molecule has 2 atom stereocenters. The lowest BCUT2D eigenvalue weighted by Crippen LogP contribution is -2.43. The lowest BCUT2D eigenvalue weighted by molar-refractivity contribution is -0.121. The molecule has 3 N–H and O–H groups in total. The maximum absolute atomic E-state index is 11.8. The summed E-state index contributed by atoms with van der Waals surface area (Å²) in [7, 11) is -3.37. The number of amides is 1. The zero-order chi connectivity index (χ0) is 13.5. The molecule has 17 heavy (non-hydrogen) atoms. The predicted octanol–water partition coefficient (Wildman–Crippen LogP) is 0.443. The van der Waals surface area contributed by atoms with Crippen LogP contribution < -0.4 is 11.1 Å². The van der Waals surface area contributed by atoms with Gasteiger partial charge in [0, 0.05) is 6.04 Å². The van der Waals surface area contributed by atoms with Crippen molar-refractivity contribution in [2.75, 3.05) is 12.3 Å². The van der Waals surface area contributed by atoms with Crippen LogP contribution in [0.2, 0.25) is 0 Å². The normalized spacial score (nSPS) is 15.3. The van der Waals surface area contributed by atoms with E-state index in [1.165, 1.54) is 6.92 Å². The first-order valence-corrected chi connectivity index (χ1v) is 7.78. The zero-order valence-electron chi connectivity index (χ0n) is 10.9. The molecule has 0 fully saturated rings. The molecule has 0 aliphatic carbocycles. The number of carbonyl (C=O) groups excluding carboxylic acids is 1. The minimum Gasteiger partial charge on any atom is -0.353 e. The van der Waals surface area contributed by atoms with E-state index in [4.69, 9.17) is 5.73 Å². The molecule has 0 saturated carbocycles. The molecular weight excluding hydrogens is 240 g/mol. The van der Waals surface area contributed by atoms with E-state index in [0.717, 1.165) is 12.8 Å². The molecule has 0 aliphatic rings. The molecule has 0 rings (SSSR count). The smallest absolute Gasteiger partial charge is 0.238 e. The molecule has 0 aliphatic heterocycles. The molecule has 0 bridgehead atoms. The molecule has 0 saturated heterocycles. The van der Waals surface area contributed by atoms with Crippen molar-refractivity contribution in [2.45, 2.75) is 51.3 Å². The molecule has 2 unspecified atom stereocenters. The van der Waals surface area contributed by atoms with Gasteiger partial charge in [0.25, 0.3) is 0 Å². The van der Waals surface area contributed by atoms with Gasteiger partial charge in [0.2, 0.25) is 5.91 Å². The van der Waals surface area contributed by atoms with E-state index in [1.807, 2.05) is 13.8 Å². The molecule has 1 amide bonds. The van der Waals surface area contributed by atoms with Crippen LogP contribution in [0.4, 0.5) is 0 Å². The van der Waals surface area contributed by atoms with E-state index in [0.29, 0.717) is 13.0 Å². The Kier molecular flexibility index (Phi) is 7.38. The second kappa shape index (κ2) is 7.66. The molecule has 5 nitrogen and oxygen atoms in total. The van der Waals surface area contributed by atoms with Crippen LogP contribution >= 0.6 is 0 Å². The van der Waals surface area contributed by atoms with Gasteiger partial charge in [-0.2, -0.15) is 0 Å². The van der Waals surface area contributed by atoms with E-state index < -0.39 is 21.0 Å². The molecule has 0 radical (unpaired) electrons. The minimum atomic E-state index is -3.37. The highest BCUT2D eigenvalue weighted by Crippen LogP contribution is 2.05. The van der Waals surface area contributed by atoms with Crippen LogP contribution in [0.3, 0.4) is 0 Å². The maximum Gasteiger partial charge on any atom is 0.238 e. The Bertz CT molecular complexity index is 328. The minimum absolute atomic E-state index is 0.0136. The molecule has 0 aromatic carbocycles. The van der Waals surface area contributed by atoms with Crippen LogP contribution in [0.15, 0.2) is 0 Å². The topological polar surface area (TPSA) is 89.3 Å². The monoisotopic (exact) mass is 264 g/mol. The van der Waals surface area contributed by atoms with E-state index in [1.54, 1.807) is 0 Å². The number of nitrogens with one attached hydrogen (secondary N) is 1. The summed E-state index contributed by atoms with van der Waals surface area (Å²) in [6.07, 6.45) is 2.20. The third-order valence-electron chi connectivity index (χ3n) is 2.65. The third kappa shape index (κ3) is 6.02. The van der Waals surface area contributed by atoms with Crippen LogP contribution in [0.5, 0.6) is 0 Å². The van der Waals surface area contributed by atoms with Crippen LogP contribution in [0, 0.1) is 0 Å². The Balaban J connectivity index is 4.38. The Morgan fingerprint density at radius 1 is 1.35 bits per heavy atom. The summed E-state index contributed by atoms with van der Waals surface area (Å²) in [5.74, 6) is -0.441. The van der Waals surface area contributed by atoms with Crippen LogP contribution in [0.25, 0.3) is 0 Å². The van der Waals surface area contributed by atoms with Gasteiger partial charge in [-0.25, -0.2) is 8.42 Å². The Morgan fingerprint density at radius 3 is 2.41 bits per heavy atom. The fourth-order valence-corrected chi connectivity index (χ4v) is 2.81. The summed E-state index contributed by atoms with van der Waals surface area (Å²) < 4.78 is 23.5. The average Bonchev–Trinajstić information content (AvgIpc) is 2.25. The highest BCUT2D eigenvalue weighted by atomic mass is 32.2. The Hall–Kier alpha value is -0.620. The highest BCUT2D eigenvalue weighted by Gasteiger charge is 2.27. The highest BCUT2D eigenvalue weighted by molar-refractivity contribution is 7.92. The second-order valence-electron chi connectivity index (χ2n) is 4.35. The van der Waals surface area contributed by atoms with E-state index >= 15 is 0 Å². The number of carbonyl (C=O) groups is 1. The van der Waals surface area contributed by atoms with Gasteiger partial charge in [-0.1, -0.05) is 13.3 Å². The fourth-order valence-electron chi connectivity index (χ4n) is 1.49. The van der Waals surface area contributed by atoms with Gasteiger partial charge in [0.1, 0.15) is 5.25 Å². The molecule has 0 heterocycles. The zero-order valence-corrected chi connectivity index (χ0v) is 11.7. The summed E-state index contributed by atoms with van der Waals surface area (Å²) in [4.78, 5) is 11.7. The third-order valence-corrected chi connectivity index (χ3v) is 4.80. The number of sulfone groups is 1. The van der Waals surface area contributed by atoms with Gasteiger partial charge < -0.3 is 11.1 Å².